The number of rotatable bonds is 2. The zero-order valence-electron chi connectivity index (χ0n) is 6.14. The van der Waals surface area contributed by atoms with Crippen molar-refractivity contribution in [3.63, 3.8) is 0 Å². The lowest BCUT2D eigenvalue weighted by atomic mass is 10.4. The molecule has 0 radical (unpaired) electrons. The SMILES string of the molecule is CN[Si](Cl)(Cl)c1ccccc1. The molecule has 0 aliphatic carbocycles. The van der Waals surface area contributed by atoms with E-state index in [1.54, 1.807) is 7.05 Å². The van der Waals surface area contributed by atoms with Gasteiger partial charge in [0.2, 0.25) is 0 Å². The summed E-state index contributed by atoms with van der Waals surface area (Å²) in [6.45, 7) is -2.36. The lowest BCUT2D eigenvalue weighted by Gasteiger charge is -2.14. The van der Waals surface area contributed by atoms with Crippen LogP contribution in [-0.2, 0) is 0 Å². The Morgan fingerprint density at radius 1 is 1.18 bits per heavy atom. The Bertz CT molecular complexity index is 225. The molecule has 0 saturated carbocycles. The molecule has 0 heterocycles. The average molecular weight is 206 g/mol. The molecule has 0 aliphatic heterocycles. The topological polar surface area (TPSA) is 12.0 Å². The number of hydrogen-bond acceptors (Lipinski definition) is 1. The third-order valence-electron chi connectivity index (χ3n) is 1.45. The van der Waals surface area contributed by atoms with E-state index < -0.39 is 6.86 Å². The van der Waals surface area contributed by atoms with E-state index in [1.807, 2.05) is 30.3 Å². The molecule has 0 aromatic heterocycles. The third-order valence-corrected chi connectivity index (χ3v) is 5.58. The van der Waals surface area contributed by atoms with Crippen molar-refractivity contribution in [3.8, 4) is 0 Å². The van der Waals surface area contributed by atoms with Gasteiger partial charge < -0.3 is 4.98 Å². The van der Waals surface area contributed by atoms with Crippen molar-refractivity contribution in [3.05, 3.63) is 30.3 Å². The lowest BCUT2D eigenvalue weighted by Crippen LogP contribution is -2.49. The Kier molecular flexibility index (Phi) is 2.95. The molecule has 0 fully saturated rings. The molecule has 60 valence electrons. The maximum atomic E-state index is 6.04. The minimum atomic E-state index is -2.36. The van der Waals surface area contributed by atoms with Crippen LogP contribution in [0.15, 0.2) is 30.3 Å². The molecule has 1 N–H and O–H groups in total. The van der Waals surface area contributed by atoms with Crippen LogP contribution >= 0.6 is 22.2 Å². The van der Waals surface area contributed by atoms with E-state index in [-0.39, 0.29) is 0 Å². The maximum Gasteiger partial charge on any atom is 0.354 e. The first-order chi connectivity index (χ1) is 5.17. The van der Waals surface area contributed by atoms with Gasteiger partial charge in [-0.1, -0.05) is 30.3 Å². The summed E-state index contributed by atoms with van der Waals surface area (Å²) in [5, 5.41) is 0.992. The van der Waals surface area contributed by atoms with Crippen molar-refractivity contribution in [2.45, 2.75) is 0 Å². The second-order valence-electron chi connectivity index (χ2n) is 2.19. The lowest BCUT2D eigenvalue weighted by molar-refractivity contribution is 1.24. The summed E-state index contributed by atoms with van der Waals surface area (Å²) in [5.74, 6) is 0. The quantitative estimate of drug-likeness (QED) is 0.571. The highest BCUT2D eigenvalue weighted by Gasteiger charge is 2.28. The third kappa shape index (κ3) is 2.20. The van der Waals surface area contributed by atoms with Crippen LogP contribution in [-0.4, -0.2) is 13.9 Å². The molecule has 1 nitrogen and oxygen atoms in total. The number of halogens is 2. The van der Waals surface area contributed by atoms with Crippen molar-refractivity contribution < 1.29 is 0 Å². The largest absolute Gasteiger partial charge is 0.354 e. The van der Waals surface area contributed by atoms with E-state index in [2.05, 4.69) is 4.98 Å². The summed E-state index contributed by atoms with van der Waals surface area (Å²) >= 11 is 12.1. The zero-order valence-corrected chi connectivity index (χ0v) is 8.65. The molecule has 1 aromatic rings. The van der Waals surface area contributed by atoms with Crippen LogP contribution < -0.4 is 10.2 Å². The summed E-state index contributed by atoms with van der Waals surface area (Å²) in [6.07, 6.45) is 0. The highest BCUT2D eigenvalue weighted by atomic mass is 35.7. The van der Waals surface area contributed by atoms with E-state index in [1.165, 1.54) is 0 Å². The second kappa shape index (κ2) is 3.58. The monoisotopic (exact) mass is 205 g/mol. The summed E-state index contributed by atoms with van der Waals surface area (Å²) in [7, 11) is 1.78. The number of benzene rings is 1. The fourth-order valence-electron chi connectivity index (χ4n) is 0.792. The van der Waals surface area contributed by atoms with Gasteiger partial charge in [-0.05, 0) is 12.2 Å². The smallest absolute Gasteiger partial charge is 0.313 e. The molecule has 0 unspecified atom stereocenters. The van der Waals surface area contributed by atoms with E-state index in [0.29, 0.717) is 0 Å². The molecule has 1 aromatic carbocycles. The van der Waals surface area contributed by atoms with Crippen LogP contribution in [0.1, 0.15) is 0 Å². The van der Waals surface area contributed by atoms with Gasteiger partial charge in [-0.2, -0.15) is 0 Å². The first-order valence-corrected chi connectivity index (χ1v) is 7.31. The molecular weight excluding hydrogens is 197 g/mol. The van der Waals surface area contributed by atoms with Crippen LogP contribution in [0.2, 0.25) is 0 Å². The van der Waals surface area contributed by atoms with Gasteiger partial charge in [0.25, 0.3) is 0 Å². The van der Waals surface area contributed by atoms with E-state index in [4.69, 9.17) is 22.2 Å². The van der Waals surface area contributed by atoms with Crippen LogP contribution in [0.25, 0.3) is 0 Å². The standard InChI is InChI=1S/C7H9Cl2NSi/c1-10-11(8,9)7-5-3-2-4-6-7/h2-6,10H,1H3. The molecule has 0 saturated heterocycles. The summed E-state index contributed by atoms with van der Waals surface area (Å²) < 4.78 is 0. The highest BCUT2D eigenvalue weighted by molar-refractivity contribution is 7.49. The van der Waals surface area contributed by atoms with Crippen LogP contribution in [0.5, 0.6) is 0 Å². The molecule has 11 heavy (non-hydrogen) atoms. The van der Waals surface area contributed by atoms with E-state index >= 15 is 0 Å². The Labute approximate surface area is 76.8 Å². The Hall–Kier alpha value is -0.0231. The molecule has 0 bridgehead atoms. The van der Waals surface area contributed by atoms with Gasteiger partial charge in [0.1, 0.15) is 0 Å². The van der Waals surface area contributed by atoms with Gasteiger partial charge in [-0.3, -0.25) is 0 Å². The van der Waals surface area contributed by atoms with Gasteiger partial charge in [0.15, 0.2) is 0 Å². The van der Waals surface area contributed by atoms with Crippen LogP contribution in [0.4, 0.5) is 0 Å². The van der Waals surface area contributed by atoms with Gasteiger partial charge >= 0.3 is 6.86 Å². The van der Waals surface area contributed by atoms with E-state index in [0.717, 1.165) is 5.19 Å². The summed E-state index contributed by atoms with van der Waals surface area (Å²) in [4.78, 5) is 2.93. The first-order valence-electron chi connectivity index (χ1n) is 3.29. The minimum Gasteiger partial charge on any atom is -0.313 e. The van der Waals surface area contributed by atoms with Crippen LogP contribution in [0.3, 0.4) is 0 Å². The van der Waals surface area contributed by atoms with Gasteiger partial charge in [0, 0.05) is 0 Å². The summed E-state index contributed by atoms with van der Waals surface area (Å²) in [6, 6.07) is 9.67. The van der Waals surface area contributed by atoms with Crippen molar-refractivity contribution in [2.24, 2.45) is 0 Å². The minimum absolute atomic E-state index is 0.992. The zero-order chi connectivity index (χ0) is 8.32. The molecule has 0 atom stereocenters. The number of hydrogen-bond donors (Lipinski definition) is 1. The second-order valence-corrected chi connectivity index (χ2v) is 8.40. The molecule has 0 amide bonds. The van der Waals surface area contributed by atoms with Crippen LogP contribution in [0, 0.1) is 0 Å². The van der Waals surface area contributed by atoms with E-state index in [9.17, 15) is 0 Å². The van der Waals surface area contributed by atoms with Gasteiger partial charge in [-0.15, -0.1) is 22.2 Å². The fraction of sp³-hybridized carbons (Fsp3) is 0.143. The van der Waals surface area contributed by atoms with Gasteiger partial charge in [-0.25, -0.2) is 0 Å². The maximum absolute atomic E-state index is 6.04. The Morgan fingerprint density at radius 3 is 2.18 bits per heavy atom. The molecule has 0 spiro atoms. The fourth-order valence-corrected chi connectivity index (χ4v) is 2.45. The molecule has 4 heteroatoms. The normalized spacial score (nSPS) is 11.5. The molecular formula is C7H9Cl2NSi. The van der Waals surface area contributed by atoms with Crippen molar-refractivity contribution >= 4 is 34.2 Å². The molecule has 0 aliphatic rings. The number of nitrogens with one attached hydrogen (secondary N) is 1. The van der Waals surface area contributed by atoms with Crippen molar-refractivity contribution in [1.29, 1.82) is 0 Å². The van der Waals surface area contributed by atoms with Crippen molar-refractivity contribution in [1.82, 2.24) is 4.98 Å². The van der Waals surface area contributed by atoms with Crippen molar-refractivity contribution in [2.75, 3.05) is 7.05 Å². The predicted molar refractivity (Wildman–Crippen MR) is 52.6 cm³/mol. The highest BCUT2D eigenvalue weighted by Crippen LogP contribution is 2.09. The Morgan fingerprint density at radius 2 is 1.73 bits per heavy atom. The Balaban J connectivity index is 2.93. The predicted octanol–water partition coefficient (Wildman–Crippen LogP) is 1.53. The van der Waals surface area contributed by atoms with Gasteiger partial charge in [0.05, 0.1) is 0 Å². The molecule has 1 rings (SSSR count). The average Bonchev–Trinajstić information content (AvgIpc) is 2.06. The summed E-state index contributed by atoms with van der Waals surface area (Å²) in [5.41, 5.74) is 0. The first kappa shape index (κ1) is 9.07.